The minimum Gasteiger partial charge on any atom is -0.495 e. The predicted octanol–water partition coefficient (Wildman–Crippen LogP) is 2.62. The lowest BCUT2D eigenvalue weighted by atomic mass is 10.2. The standard InChI is InChI=1S/C13H15FN2O2S/c1-18-13-5-11(9(14)4-10(13)15)16-6-12(17)8-2-3-19-7-8/h2-5,7,12,16-17H,6,15H2,1H3. The Bertz CT molecular complexity index is 546. The molecule has 0 saturated carbocycles. The van der Waals surface area contributed by atoms with Crippen molar-refractivity contribution < 1.29 is 14.2 Å². The van der Waals surface area contributed by atoms with Crippen molar-refractivity contribution in [3.63, 3.8) is 0 Å². The first-order chi connectivity index (χ1) is 9.11. The molecule has 2 aromatic rings. The van der Waals surface area contributed by atoms with Crippen LogP contribution >= 0.6 is 11.3 Å². The number of nitrogens with two attached hydrogens (primary N) is 1. The van der Waals surface area contributed by atoms with E-state index in [4.69, 9.17) is 10.5 Å². The zero-order valence-electron chi connectivity index (χ0n) is 10.4. The lowest BCUT2D eigenvalue weighted by molar-refractivity contribution is 0.192. The summed E-state index contributed by atoms with van der Waals surface area (Å²) < 4.78 is 18.7. The molecule has 0 aliphatic carbocycles. The van der Waals surface area contributed by atoms with Crippen molar-refractivity contribution in [3.05, 3.63) is 40.3 Å². The maximum absolute atomic E-state index is 13.7. The molecule has 4 nitrogen and oxygen atoms in total. The van der Waals surface area contributed by atoms with Crippen LogP contribution in [0.25, 0.3) is 0 Å². The molecule has 0 radical (unpaired) electrons. The van der Waals surface area contributed by atoms with E-state index in [1.54, 1.807) is 0 Å². The topological polar surface area (TPSA) is 67.5 Å². The lowest BCUT2D eigenvalue weighted by Gasteiger charge is -2.14. The maximum atomic E-state index is 13.7. The van der Waals surface area contributed by atoms with Crippen LogP contribution < -0.4 is 15.8 Å². The van der Waals surface area contributed by atoms with E-state index >= 15 is 0 Å². The first-order valence-corrected chi connectivity index (χ1v) is 6.63. The molecule has 1 atom stereocenters. The van der Waals surface area contributed by atoms with Crippen molar-refractivity contribution >= 4 is 22.7 Å². The summed E-state index contributed by atoms with van der Waals surface area (Å²) in [6, 6.07) is 4.50. The fourth-order valence-corrected chi connectivity index (χ4v) is 2.38. The number of aliphatic hydroxyl groups excluding tert-OH is 1. The summed E-state index contributed by atoms with van der Waals surface area (Å²) in [4.78, 5) is 0. The molecular formula is C13H15FN2O2S. The Morgan fingerprint density at radius 2 is 2.32 bits per heavy atom. The zero-order chi connectivity index (χ0) is 13.8. The van der Waals surface area contributed by atoms with Gasteiger partial charge >= 0.3 is 0 Å². The van der Waals surface area contributed by atoms with E-state index in [2.05, 4.69) is 5.32 Å². The van der Waals surface area contributed by atoms with Crippen LogP contribution in [0, 0.1) is 5.82 Å². The Kier molecular flexibility index (Phi) is 4.24. The molecule has 1 aromatic heterocycles. The van der Waals surface area contributed by atoms with Gasteiger partial charge in [0.15, 0.2) is 0 Å². The second kappa shape index (κ2) is 5.90. The second-order valence-corrected chi connectivity index (χ2v) is 4.81. The summed E-state index contributed by atoms with van der Waals surface area (Å²) in [6.07, 6.45) is -0.686. The summed E-state index contributed by atoms with van der Waals surface area (Å²) in [5.74, 6) is -0.0789. The van der Waals surface area contributed by atoms with E-state index in [1.807, 2.05) is 16.8 Å². The largest absolute Gasteiger partial charge is 0.495 e. The molecule has 0 aliphatic rings. The number of aliphatic hydroxyl groups is 1. The number of benzene rings is 1. The van der Waals surface area contributed by atoms with Gasteiger partial charge in [-0.15, -0.1) is 0 Å². The van der Waals surface area contributed by atoms with Gasteiger partial charge in [-0.1, -0.05) is 0 Å². The molecule has 0 spiro atoms. The summed E-state index contributed by atoms with van der Waals surface area (Å²) in [5.41, 5.74) is 6.89. The number of ether oxygens (including phenoxy) is 1. The van der Waals surface area contributed by atoms with Crippen molar-refractivity contribution in [2.45, 2.75) is 6.10 Å². The van der Waals surface area contributed by atoms with E-state index in [-0.39, 0.29) is 17.9 Å². The van der Waals surface area contributed by atoms with Crippen molar-refractivity contribution in [3.8, 4) is 5.75 Å². The first-order valence-electron chi connectivity index (χ1n) is 5.69. The van der Waals surface area contributed by atoms with Crippen molar-refractivity contribution in [2.24, 2.45) is 0 Å². The summed E-state index contributed by atoms with van der Waals surface area (Å²) in [6.45, 7) is 0.209. The molecule has 1 unspecified atom stereocenters. The maximum Gasteiger partial charge on any atom is 0.148 e. The van der Waals surface area contributed by atoms with Crippen molar-refractivity contribution in [2.75, 3.05) is 24.7 Å². The highest BCUT2D eigenvalue weighted by molar-refractivity contribution is 7.07. The highest BCUT2D eigenvalue weighted by Gasteiger charge is 2.11. The third kappa shape index (κ3) is 3.15. The lowest BCUT2D eigenvalue weighted by Crippen LogP contribution is -2.12. The Labute approximate surface area is 114 Å². The van der Waals surface area contributed by atoms with Crippen LogP contribution in [0.2, 0.25) is 0 Å². The summed E-state index contributed by atoms with van der Waals surface area (Å²) in [5, 5.41) is 16.5. The Hall–Kier alpha value is -1.79. The van der Waals surface area contributed by atoms with Crippen LogP contribution in [0.15, 0.2) is 29.0 Å². The van der Waals surface area contributed by atoms with Crippen molar-refractivity contribution in [1.29, 1.82) is 0 Å². The number of methoxy groups -OCH3 is 1. The quantitative estimate of drug-likeness (QED) is 0.737. The minimum atomic E-state index is -0.686. The van der Waals surface area contributed by atoms with Crippen LogP contribution in [-0.4, -0.2) is 18.8 Å². The van der Waals surface area contributed by atoms with E-state index in [1.165, 1.54) is 30.6 Å². The fourth-order valence-electron chi connectivity index (χ4n) is 1.67. The third-order valence-electron chi connectivity index (χ3n) is 2.73. The van der Waals surface area contributed by atoms with Gasteiger partial charge in [0.25, 0.3) is 0 Å². The highest BCUT2D eigenvalue weighted by Crippen LogP contribution is 2.28. The van der Waals surface area contributed by atoms with Gasteiger partial charge < -0.3 is 20.9 Å². The van der Waals surface area contributed by atoms with E-state index in [0.717, 1.165) is 5.56 Å². The molecule has 1 heterocycles. The molecule has 4 N–H and O–H groups in total. The predicted molar refractivity (Wildman–Crippen MR) is 75.1 cm³/mol. The molecular weight excluding hydrogens is 267 g/mol. The van der Waals surface area contributed by atoms with Gasteiger partial charge in [0.1, 0.15) is 11.6 Å². The molecule has 0 amide bonds. The number of halogens is 1. The Balaban J connectivity index is 2.07. The van der Waals surface area contributed by atoms with Gasteiger partial charge in [-0.25, -0.2) is 4.39 Å². The van der Waals surface area contributed by atoms with Gasteiger partial charge in [-0.3, -0.25) is 0 Å². The number of rotatable bonds is 5. The Morgan fingerprint density at radius 3 is 2.95 bits per heavy atom. The van der Waals surface area contributed by atoms with Crippen LogP contribution in [0.4, 0.5) is 15.8 Å². The average molecular weight is 282 g/mol. The van der Waals surface area contributed by atoms with Gasteiger partial charge in [-0.2, -0.15) is 11.3 Å². The number of anilines is 2. The minimum absolute atomic E-state index is 0.209. The van der Waals surface area contributed by atoms with Crippen LogP contribution in [-0.2, 0) is 0 Å². The number of hydrogen-bond acceptors (Lipinski definition) is 5. The van der Waals surface area contributed by atoms with Gasteiger partial charge in [0.05, 0.1) is 24.6 Å². The first kappa shape index (κ1) is 13.6. The smallest absolute Gasteiger partial charge is 0.148 e. The monoisotopic (exact) mass is 282 g/mol. The number of hydrogen-bond donors (Lipinski definition) is 3. The fraction of sp³-hybridized carbons (Fsp3) is 0.231. The van der Waals surface area contributed by atoms with Gasteiger partial charge in [-0.05, 0) is 22.4 Å². The highest BCUT2D eigenvalue weighted by atomic mass is 32.1. The SMILES string of the molecule is COc1cc(NCC(O)c2ccsc2)c(F)cc1N. The molecule has 102 valence electrons. The van der Waals surface area contributed by atoms with Crippen LogP contribution in [0.5, 0.6) is 5.75 Å². The zero-order valence-corrected chi connectivity index (χ0v) is 11.2. The van der Waals surface area contributed by atoms with Gasteiger partial charge in [0.2, 0.25) is 0 Å². The summed E-state index contributed by atoms with van der Waals surface area (Å²) >= 11 is 1.50. The third-order valence-corrected chi connectivity index (χ3v) is 3.43. The molecule has 0 bridgehead atoms. The molecule has 19 heavy (non-hydrogen) atoms. The number of thiophene rings is 1. The molecule has 6 heteroatoms. The molecule has 0 fully saturated rings. The van der Waals surface area contributed by atoms with Crippen LogP contribution in [0.3, 0.4) is 0 Å². The van der Waals surface area contributed by atoms with Crippen LogP contribution in [0.1, 0.15) is 11.7 Å². The summed E-state index contributed by atoms with van der Waals surface area (Å²) in [7, 11) is 1.47. The van der Waals surface area contributed by atoms with Crippen molar-refractivity contribution in [1.82, 2.24) is 0 Å². The Morgan fingerprint density at radius 1 is 1.53 bits per heavy atom. The normalized spacial score (nSPS) is 12.2. The number of nitrogen functional groups attached to an aromatic ring is 1. The average Bonchev–Trinajstić information content (AvgIpc) is 2.91. The second-order valence-electron chi connectivity index (χ2n) is 4.03. The molecule has 1 aromatic carbocycles. The molecule has 0 aliphatic heterocycles. The van der Waals surface area contributed by atoms with E-state index in [9.17, 15) is 9.50 Å². The number of nitrogens with one attached hydrogen (secondary N) is 1. The molecule has 2 rings (SSSR count). The van der Waals surface area contributed by atoms with Gasteiger partial charge in [0, 0.05) is 18.7 Å². The van der Waals surface area contributed by atoms with E-state index in [0.29, 0.717) is 5.75 Å². The van der Waals surface area contributed by atoms with E-state index < -0.39 is 11.9 Å². The molecule has 0 saturated heterocycles.